The van der Waals surface area contributed by atoms with Crippen molar-refractivity contribution in [1.29, 1.82) is 0 Å². The lowest BCUT2D eigenvalue weighted by Gasteiger charge is -2.30. The van der Waals surface area contributed by atoms with Crippen LogP contribution in [0.5, 0.6) is 0 Å². The molecule has 0 saturated carbocycles. The summed E-state index contributed by atoms with van der Waals surface area (Å²) in [5, 5.41) is 0. The Balaban J connectivity index is 2.05. The fourth-order valence-electron chi connectivity index (χ4n) is 3.15. The zero-order valence-corrected chi connectivity index (χ0v) is 16.8. The number of aryl methyl sites for hydroxylation is 1. The summed E-state index contributed by atoms with van der Waals surface area (Å²) < 4.78 is 39.4. The fraction of sp³-hybridized carbons (Fsp3) is 0.182. The number of nitrogens with two attached hydrogens (primary N) is 1. The Morgan fingerprint density at radius 2 is 1.73 bits per heavy atom. The maximum atomic E-state index is 13.3. The van der Waals surface area contributed by atoms with Crippen LogP contribution in [-0.4, -0.2) is 16.7 Å². The van der Waals surface area contributed by atoms with Crippen LogP contribution in [0.3, 0.4) is 0 Å². The van der Waals surface area contributed by atoms with Gasteiger partial charge in [-0.05, 0) is 42.3 Å². The number of thiophene rings is 1. The minimum Gasteiger partial charge on any atom is -0.368 e. The smallest absolute Gasteiger partial charge is 0.368 e. The second kappa shape index (κ2) is 8.71. The molecule has 8 heteroatoms. The van der Waals surface area contributed by atoms with E-state index in [1.54, 1.807) is 42.5 Å². The van der Waals surface area contributed by atoms with Crippen LogP contribution in [0, 0.1) is 6.92 Å². The topological polar surface area (TPSA) is 63.4 Å². The van der Waals surface area contributed by atoms with Gasteiger partial charge in [0, 0.05) is 11.4 Å². The van der Waals surface area contributed by atoms with Crippen LogP contribution in [0.2, 0.25) is 0 Å². The molecule has 2 N–H and O–H groups in total. The molecule has 0 spiro atoms. The minimum absolute atomic E-state index is 0.206. The Hall–Kier alpha value is -3.13. The highest BCUT2D eigenvalue weighted by molar-refractivity contribution is 7.13. The Bertz CT molecular complexity index is 1050. The number of hydrogen-bond acceptors (Lipinski definition) is 3. The van der Waals surface area contributed by atoms with Crippen molar-refractivity contribution in [2.75, 3.05) is 0 Å². The molecular weight excluding hydrogens is 413 g/mol. The highest BCUT2D eigenvalue weighted by atomic mass is 32.1. The molecule has 3 aromatic rings. The van der Waals surface area contributed by atoms with Crippen molar-refractivity contribution in [3.8, 4) is 0 Å². The van der Waals surface area contributed by atoms with Crippen molar-refractivity contribution in [3.63, 3.8) is 0 Å². The summed E-state index contributed by atoms with van der Waals surface area (Å²) in [4.78, 5) is 28.1. The molecule has 0 aliphatic heterocycles. The first kappa shape index (κ1) is 21.6. The van der Waals surface area contributed by atoms with Gasteiger partial charge in [0.1, 0.15) is 6.04 Å². The van der Waals surface area contributed by atoms with E-state index in [9.17, 15) is 22.8 Å². The Labute approximate surface area is 175 Å². The van der Waals surface area contributed by atoms with Crippen LogP contribution in [0.4, 0.5) is 13.2 Å². The third-order valence-electron chi connectivity index (χ3n) is 4.52. The van der Waals surface area contributed by atoms with Crippen LogP contribution >= 0.6 is 11.3 Å². The zero-order valence-electron chi connectivity index (χ0n) is 16.0. The molecule has 3 rings (SSSR count). The third kappa shape index (κ3) is 4.88. The Kier molecular flexibility index (Phi) is 6.26. The lowest BCUT2D eigenvalue weighted by Crippen LogP contribution is -2.41. The number of rotatable bonds is 6. The normalized spacial score (nSPS) is 12.4. The van der Waals surface area contributed by atoms with Gasteiger partial charge in [-0.3, -0.25) is 9.59 Å². The minimum atomic E-state index is -4.52. The third-order valence-corrected chi connectivity index (χ3v) is 5.50. The van der Waals surface area contributed by atoms with E-state index in [4.69, 9.17) is 5.73 Å². The van der Waals surface area contributed by atoms with Crippen LogP contribution in [0.1, 0.15) is 37.3 Å². The van der Waals surface area contributed by atoms with Crippen molar-refractivity contribution in [2.45, 2.75) is 25.7 Å². The summed E-state index contributed by atoms with van der Waals surface area (Å²) in [6.07, 6.45) is -4.52. The second-order valence-electron chi connectivity index (χ2n) is 6.76. The van der Waals surface area contributed by atoms with Crippen LogP contribution in [-0.2, 0) is 17.5 Å². The van der Waals surface area contributed by atoms with Gasteiger partial charge in [0.05, 0.1) is 10.4 Å². The molecule has 30 heavy (non-hydrogen) atoms. The van der Waals surface area contributed by atoms with Crippen molar-refractivity contribution >= 4 is 23.2 Å². The molecule has 0 aliphatic rings. The van der Waals surface area contributed by atoms with Crippen LogP contribution < -0.4 is 5.73 Å². The molecule has 0 saturated heterocycles. The molecule has 0 radical (unpaired) electrons. The van der Waals surface area contributed by atoms with E-state index in [-0.39, 0.29) is 12.1 Å². The summed E-state index contributed by atoms with van der Waals surface area (Å²) in [6, 6.07) is 15.4. The number of halogens is 3. The molecule has 1 aromatic heterocycles. The molecule has 2 aromatic carbocycles. The largest absolute Gasteiger partial charge is 0.416 e. The lowest BCUT2D eigenvalue weighted by atomic mass is 10.0. The number of primary amides is 1. The lowest BCUT2D eigenvalue weighted by molar-refractivity contribution is -0.137. The number of carbonyl (C=O) groups is 2. The number of benzene rings is 2. The maximum Gasteiger partial charge on any atom is 0.416 e. The highest BCUT2D eigenvalue weighted by Crippen LogP contribution is 2.31. The summed E-state index contributed by atoms with van der Waals surface area (Å²) in [7, 11) is 0. The second-order valence-corrected chi connectivity index (χ2v) is 8.04. The van der Waals surface area contributed by atoms with E-state index >= 15 is 0 Å². The molecule has 2 amide bonds. The first-order valence-electron chi connectivity index (χ1n) is 9.04. The van der Waals surface area contributed by atoms with Gasteiger partial charge < -0.3 is 10.6 Å². The zero-order chi connectivity index (χ0) is 21.9. The molecule has 4 nitrogen and oxygen atoms in total. The van der Waals surface area contributed by atoms with Gasteiger partial charge in [-0.2, -0.15) is 13.2 Å². The molecule has 0 aliphatic carbocycles. The van der Waals surface area contributed by atoms with Gasteiger partial charge >= 0.3 is 6.18 Å². The summed E-state index contributed by atoms with van der Waals surface area (Å²) in [5.74, 6) is -1.24. The van der Waals surface area contributed by atoms with E-state index < -0.39 is 29.6 Å². The standard InChI is InChI=1S/C22H19F3N2O2S/c1-14-10-11-18(30-14)21(29)27(19(20(26)28)16-7-3-2-4-8-16)13-15-6-5-9-17(12-15)22(23,24)25/h2-12,19H,13H2,1H3,(H2,26,28)/t19-/m1/s1. The van der Waals surface area contributed by atoms with E-state index in [0.717, 1.165) is 17.0 Å². The highest BCUT2D eigenvalue weighted by Gasteiger charge is 2.33. The Morgan fingerprint density at radius 3 is 2.30 bits per heavy atom. The van der Waals surface area contributed by atoms with Gasteiger partial charge in [-0.15, -0.1) is 11.3 Å². The van der Waals surface area contributed by atoms with Gasteiger partial charge in [0.15, 0.2) is 0 Å². The van der Waals surface area contributed by atoms with Crippen molar-refractivity contribution in [3.05, 3.63) is 93.2 Å². The maximum absolute atomic E-state index is 13.3. The summed E-state index contributed by atoms with van der Waals surface area (Å²) in [6.45, 7) is 1.63. The fourth-order valence-corrected chi connectivity index (χ4v) is 3.97. The molecule has 0 fully saturated rings. The Morgan fingerprint density at radius 1 is 1.03 bits per heavy atom. The first-order valence-corrected chi connectivity index (χ1v) is 9.86. The predicted molar refractivity (Wildman–Crippen MR) is 109 cm³/mol. The number of nitrogens with zero attached hydrogens (tertiary/aromatic N) is 1. The average molecular weight is 432 g/mol. The quantitative estimate of drug-likeness (QED) is 0.599. The molecule has 156 valence electrons. The SMILES string of the molecule is Cc1ccc(C(=O)N(Cc2cccc(C(F)(F)F)c2)[C@@H](C(N)=O)c2ccccc2)s1. The first-order chi connectivity index (χ1) is 14.2. The molecule has 0 unspecified atom stereocenters. The summed E-state index contributed by atoms with van der Waals surface area (Å²) in [5.41, 5.74) is 5.54. The molecule has 1 heterocycles. The van der Waals surface area contributed by atoms with Gasteiger partial charge in [-0.1, -0.05) is 42.5 Å². The number of amides is 2. The molecular formula is C22H19F3N2O2S. The molecule has 0 bridgehead atoms. The van der Waals surface area contributed by atoms with Gasteiger partial charge in [-0.25, -0.2) is 0 Å². The van der Waals surface area contributed by atoms with Crippen molar-refractivity contribution in [2.24, 2.45) is 5.73 Å². The average Bonchev–Trinajstić information content (AvgIpc) is 3.13. The monoisotopic (exact) mass is 432 g/mol. The van der Waals surface area contributed by atoms with Crippen molar-refractivity contribution < 1.29 is 22.8 Å². The number of carbonyl (C=O) groups excluding carboxylic acids is 2. The van der Waals surface area contributed by atoms with E-state index in [1.807, 2.05) is 6.92 Å². The van der Waals surface area contributed by atoms with Gasteiger partial charge in [0.25, 0.3) is 5.91 Å². The number of alkyl halides is 3. The van der Waals surface area contributed by atoms with Crippen molar-refractivity contribution in [1.82, 2.24) is 4.90 Å². The summed E-state index contributed by atoms with van der Waals surface area (Å²) >= 11 is 1.24. The van der Waals surface area contributed by atoms with Crippen LogP contribution in [0.15, 0.2) is 66.7 Å². The number of hydrogen-bond donors (Lipinski definition) is 1. The van der Waals surface area contributed by atoms with E-state index in [0.29, 0.717) is 10.4 Å². The van der Waals surface area contributed by atoms with Gasteiger partial charge in [0.2, 0.25) is 5.91 Å². The van der Waals surface area contributed by atoms with E-state index in [1.165, 1.54) is 28.4 Å². The van der Waals surface area contributed by atoms with Crippen LogP contribution in [0.25, 0.3) is 0 Å². The molecule has 1 atom stereocenters. The van der Waals surface area contributed by atoms with E-state index in [2.05, 4.69) is 0 Å². The predicted octanol–water partition coefficient (Wildman–Crippen LogP) is 4.94.